The lowest BCUT2D eigenvalue weighted by Crippen LogP contribution is -2.40. The van der Waals surface area contributed by atoms with Gasteiger partial charge in [0.2, 0.25) is 10.0 Å². The Morgan fingerprint density at radius 3 is 2.59 bits per heavy atom. The summed E-state index contributed by atoms with van der Waals surface area (Å²) in [6.45, 7) is 1.63. The van der Waals surface area contributed by atoms with E-state index in [1.807, 2.05) is 0 Å². The number of rotatable bonds is 5. The molecule has 0 amide bonds. The van der Waals surface area contributed by atoms with Crippen molar-refractivity contribution in [3.05, 3.63) is 18.3 Å². The fraction of sp³-hybridized carbons (Fsp3) is 0.615. The van der Waals surface area contributed by atoms with E-state index >= 15 is 0 Å². The molecule has 5 nitrogen and oxygen atoms in total. The van der Waals surface area contributed by atoms with Crippen LogP contribution in [0.5, 0.6) is 0 Å². The van der Waals surface area contributed by atoms with Gasteiger partial charge >= 0.3 is 0 Å². The van der Waals surface area contributed by atoms with Crippen LogP contribution in [-0.4, -0.2) is 54.1 Å². The van der Waals surface area contributed by atoms with Crippen molar-refractivity contribution in [1.29, 1.82) is 0 Å². The minimum Gasteiger partial charge on any atom is -0.379 e. The highest BCUT2D eigenvalue weighted by Gasteiger charge is 2.51. The van der Waals surface area contributed by atoms with Crippen LogP contribution in [-0.2, 0) is 14.8 Å². The molecule has 0 N–H and O–H groups in total. The van der Waals surface area contributed by atoms with Crippen molar-refractivity contribution in [2.45, 2.75) is 20.7 Å². The smallest absolute Gasteiger partial charge is 0.244 e. The zero-order valence-corrected chi connectivity index (χ0v) is 14.9. The summed E-state index contributed by atoms with van der Waals surface area (Å²) in [4.78, 5) is 4.44. The lowest BCUT2D eigenvalue weighted by atomic mass is 10.5. The highest BCUT2D eigenvalue weighted by atomic mass is 35.5. The summed E-state index contributed by atoms with van der Waals surface area (Å²) in [5.41, 5.74) is 0. The van der Waals surface area contributed by atoms with Gasteiger partial charge in [-0.25, -0.2) is 13.4 Å². The number of hydrogen-bond acceptors (Lipinski definition) is 5. The monoisotopic (exact) mass is 382 g/mol. The van der Waals surface area contributed by atoms with E-state index in [-0.39, 0.29) is 10.8 Å². The highest BCUT2D eigenvalue weighted by molar-refractivity contribution is 7.99. The molecule has 0 bridgehead atoms. The van der Waals surface area contributed by atoms with Crippen LogP contribution < -0.4 is 0 Å². The second-order valence-electron chi connectivity index (χ2n) is 5.32. The normalized spacial score (nSPS) is 25.1. The number of aromatic nitrogens is 1. The Balaban J connectivity index is 1.63. The standard InChI is InChI=1S/C13H16Cl2N2O3S2/c14-13(15)7-10(13)9-21-12-2-1-11(8-16-12)22(18,19)17-3-5-20-6-4-17/h1-2,8,10H,3-7,9H2/t10-/m1/s1. The third-order valence-corrected chi connectivity index (χ3v) is 7.62. The van der Waals surface area contributed by atoms with Crippen LogP contribution in [0.3, 0.4) is 0 Å². The summed E-state index contributed by atoms with van der Waals surface area (Å²) in [5.74, 6) is 1.06. The molecule has 122 valence electrons. The van der Waals surface area contributed by atoms with Gasteiger partial charge in [0.05, 0.1) is 18.2 Å². The van der Waals surface area contributed by atoms with Crippen LogP contribution in [0.1, 0.15) is 6.42 Å². The first-order valence-electron chi connectivity index (χ1n) is 6.94. The average Bonchev–Trinajstić information content (AvgIpc) is 3.14. The molecule has 9 heteroatoms. The fourth-order valence-electron chi connectivity index (χ4n) is 2.18. The fourth-order valence-corrected chi connectivity index (χ4v) is 5.31. The van der Waals surface area contributed by atoms with Crippen molar-refractivity contribution < 1.29 is 13.2 Å². The van der Waals surface area contributed by atoms with E-state index in [0.717, 1.165) is 17.2 Å². The minimum absolute atomic E-state index is 0.217. The van der Waals surface area contributed by atoms with Crippen molar-refractivity contribution in [2.24, 2.45) is 5.92 Å². The SMILES string of the molecule is O=S(=O)(c1ccc(SC[C@H]2CC2(Cl)Cl)nc1)N1CCOCC1. The van der Waals surface area contributed by atoms with E-state index < -0.39 is 14.4 Å². The molecule has 1 saturated carbocycles. The van der Waals surface area contributed by atoms with E-state index in [1.54, 1.807) is 12.1 Å². The number of thioether (sulfide) groups is 1. The van der Waals surface area contributed by atoms with E-state index in [4.69, 9.17) is 27.9 Å². The molecule has 1 atom stereocenters. The quantitative estimate of drug-likeness (QED) is 0.577. The Labute approximate surface area is 144 Å². The van der Waals surface area contributed by atoms with Crippen molar-refractivity contribution in [2.75, 3.05) is 32.1 Å². The highest BCUT2D eigenvalue weighted by Crippen LogP contribution is 2.54. The Morgan fingerprint density at radius 2 is 2.05 bits per heavy atom. The molecule has 1 aromatic rings. The number of ether oxygens (including phenoxy) is 1. The number of alkyl halides is 2. The van der Waals surface area contributed by atoms with Crippen LogP contribution in [0, 0.1) is 5.92 Å². The molecule has 1 aliphatic heterocycles. The molecule has 0 radical (unpaired) electrons. The maximum atomic E-state index is 12.4. The van der Waals surface area contributed by atoms with Gasteiger partial charge in [-0.1, -0.05) is 0 Å². The first-order valence-corrected chi connectivity index (χ1v) is 10.1. The summed E-state index contributed by atoms with van der Waals surface area (Å²) in [6.07, 6.45) is 2.21. The van der Waals surface area contributed by atoms with Crippen LogP contribution in [0.4, 0.5) is 0 Å². The lowest BCUT2D eigenvalue weighted by Gasteiger charge is -2.25. The summed E-state index contributed by atoms with van der Waals surface area (Å²) in [5, 5.41) is 0.775. The van der Waals surface area contributed by atoms with Gasteiger partial charge in [0.1, 0.15) is 9.23 Å². The Bertz CT molecular complexity index is 631. The van der Waals surface area contributed by atoms with Gasteiger partial charge in [-0.3, -0.25) is 0 Å². The van der Waals surface area contributed by atoms with Gasteiger partial charge in [0, 0.05) is 31.0 Å². The molecule has 22 heavy (non-hydrogen) atoms. The molecular formula is C13H16Cl2N2O3S2. The topological polar surface area (TPSA) is 59.5 Å². The first-order chi connectivity index (χ1) is 10.4. The Morgan fingerprint density at radius 1 is 1.36 bits per heavy atom. The second kappa shape index (κ2) is 6.45. The van der Waals surface area contributed by atoms with Crippen LogP contribution in [0.2, 0.25) is 0 Å². The summed E-state index contributed by atoms with van der Waals surface area (Å²) in [6, 6.07) is 3.33. The molecule has 1 aromatic heterocycles. The molecule has 1 saturated heterocycles. The third-order valence-electron chi connectivity index (χ3n) is 3.71. The second-order valence-corrected chi connectivity index (χ2v) is 9.84. The van der Waals surface area contributed by atoms with Gasteiger partial charge < -0.3 is 4.74 Å². The summed E-state index contributed by atoms with van der Waals surface area (Å²) in [7, 11) is -3.48. The van der Waals surface area contributed by atoms with Gasteiger partial charge in [-0.2, -0.15) is 4.31 Å². The molecule has 0 unspecified atom stereocenters. The zero-order valence-electron chi connectivity index (χ0n) is 11.7. The molecule has 2 aliphatic rings. The minimum atomic E-state index is -3.48. The van der Waals surface area contributed by atoms with Crippen molar-refractivity contribution in [3.63, 3.8) is 0 Å². The molecule has 2 fully saturated rings. The first kappa shape index (κ1) is 16.8. The molecule has 1 aliphatic carbocycles. The molecule has 0 aromatic carbocycles. The predicted octanol–water partition coefficient (Wildman–Crippen LogP) is 2.39. The largest absolute Gasteiger partial charge is 0.379 e. The van der Waals surface area contributed by atoms with E-state index in [2.05, 4.69) is 4.98 Å². The number of halogens is 2. The summed E-state index contributed by atoms with van der Waals surface area (Å²) >= 11 is 13.5. The number of pyridine rings is 1. The Hall–Kier alpha value is -0.0500. The number of morpholine rings is 1. The maximum absolute atomic E-state index is 12.4. The maximum Gasteiger partial charge on any atom is 0.244 e. The number of nitrogens with zero attached hydrogens (tertiary/aromatic N) is 2. The van der Waals surface area contributed by atoms with E-state index in [9.17, 15) is 8.42 Å². The van der Waals surface area contributed by atoms with Crippen molar-refractivity contribution >= 4 is 45.0 Å². The Kier molecular flexibility index (Phi) is 4.93. The third kappa shape index (κ3) is 3.71. The molecule has 0 spiro atoms. The van der Waals surface area contributed by atoms with Crippen LogP contribution >= 0.6 is 35.0 Å². The summed E-state index contributed by atoms with van der Waals surface area (Å²) < 4.78 is 30.9. The van der Waals surface area contributed by atoms with Gasteiger partial charge in [0.15, 0.2) is 0 Å². The van der Waals surface area contributed by atoms with Crippen molar-refractivity contribution in [3.8, 4) is 0 Å². The predicted molar refractivity (Wildman–Crippen MR) is 87.1 cm³/mol. The van der Waals surface area contributed by atoms with Gasteiger partial charge in [0.25, 0.3) is 0 Å². The number of hydrogen-bond donors (Lipinski definition) is 0. The zero-order chi connectivity index (χ0) is 15.8. The molecule has 3 rings (SSSR count). The van der Waals surface area contributed by atoms with Crippen molar-refractivity contribution in [1.82, 2.24) is 9.29 Å². The van der Waals surface area contributed by atoms with Crippen LogP contribution in [0.15, 0.2) is 28.3 Å². The molecular weight excluding hydrogens is 367 g/mol. The van der Waals surface area contributed by atoms with E-state index in [1.165, 1.54) is 22.3 Å². The van der Waals surface area contributed by atoms with Gasteiger partial charge in [-0.15, -0.1) is 35.0 Å². The molecule has 2 heterocycles. The van der Waals surface area contributed by atoms with Crippen LogP contribution in [0.25, 0.3) is 0 Å². The van der Waals surface area contributed by atoms with Gasteiger partial charge in [-0.05, 0) is 18.6 Å². The number of sulfonamides is 1. The lowest BCUT2D eigenvalue weighted by molar-refractivity contribution is 0.0730. The van der Waals surface area contributed by atoms with E-state index in [0.29, 0.717) is 26.3 Å². The average molecular weight is 383 g/mol.